The number of aromatic nitrogens is 2. The molecule has 1 aliphatic carbocycles. The van der Waals surface area contributed by atoms with E-state index in [0.29, 0.717) is 5.41 Å². The van der Waals surface area contributed by atoms with Crippen molar-refractivity contribution in [2.45, 2.75) is 74.1 Å². The predicted octanol–water partition coefficient (Wildman–Crippen LogP) is 4.74. The average Bonchev–Trinajstić information content (AvgIpc) is 2.33. The fourth-order valence-electron chi connectivity index (χ4n) is 2.02. The highest BCUT2D eigenvalue weighted by Gasteiger charge is 2.27. The maximum Gasteiger partial charge on any atom is 0.115 e. The Balaban J connectivity index is 0.000000509. The van der Waals surface area contributed by atoms with Crippen LogP contribution in [0.1, 0.15) is 71.3 Å². The van der Waals surface area contributed by atoms with Crippen molar-refractivity contribution in [3.05, 3.63) is 23.3 Å². The summed E-state index contributed by atoms with van der Waals surface area (Å²) in [5.74, 6) is 0. The Labute approximate surface area is 113 Å². The van der Waals surface area contributed by atoms with E-state index in [1.807, 2.05) is 13.8 Å². The molecule has 0 saturated heterocycles. The van der Waals surface area contributed by atoms with Crippen LogP contribution in [0, 0.1) is 12.3 Å². The summed E-state index contributed by atoms with van der Waals surface area (Å²) in [6.07, 6.45) is 6.43. The Morgan fingerprint density at radius 1 is 1.17 bits per heavy atom. The second kappa shape index (κ2) is 8.23. The quantitative estimate of drug-likeness (QED) is 0.664. The minimum atomic E-state index is 0.433. The molecule has 0 saturated carbocycles. The lowest BCUT2D eigenvalue weighted by atomic mass is 9.75. The van der Waals surface area contributed by atoms with E-state index in [2.05, 4.69) is 44.6 Å². The van der Waals surface area contributed by atoms with Crippen LogP contribution in [0.4, 0.5) is 0 Å². The van der Waals surface area contributed by atoms with Crippen LogP contribution in [0.5, 0.6) is 0 Å². The minimum Gasteiger partial charge on any atom is -0.241 e. The molecule has 0 atom stereocenters. The largest absolute Gasteiger partial charge is 0.241 e. The molecule has 18 heavy (non-hydrogen) atoms. The Kier molecular flexibility index (Phi) is 7.81. The van der Waals surface area contributed by atoms with E-state index in [-0.39, 0.29) is 0 Å². The number of hydrogen-bond donors (Lipinski definition) is 0. The maximum atomic E-state index is 4.33. The van der Waals surface area contributed by atoms with Crippen LogP contribution >= 0.6 is 0 Å². The summed E-state index contributed by atoms with van der Waals surface area (Å²) in [7, 11) is 0. The van der Waals surface area contributed by atoms with Gasteiger partial charge in [0.05, 0.1) is 0 Å². The zero-order valence-corrected chi connectivity index (χ0v) is 13.3. The van der Waals surface area contributed by atoms with Gasteiger partial charge in [-0.05, 0) is 37.2 Å². The summed E-state index contributed by atoms with van der Waals surface area (Å²) in [4.78, 5) is 8.58. The molecule has 1 aliphatic rings. The van der Waals surface area contributed by atoms with Gasteiger partial charge in [-0.2, -0.15) is 0 Å². The summed E-state index contributed by atoms with van der Waals surface area (Å²) in [6, 6.07) is 0. The third-order valence-corrected chi connectivity index (χ3v) is 2.94. The molecule has 0 N–H and O–H groups in total. The molecular weight excluding hydrogens is 220 g/mol. The predicted molar refractivity (Wildman–Crippen MR) is 79.9 cm³/mol. The maximum absolute atomic E-state index is 4.33. The normalized spacial score (nSPS) is 15.5. The van der Waals surface area contributed by atoms with E-state index >= 15 is 0 Å². The average molecular weight is 250 g/mol. The molecule has 0 radical (unpaired) electrons. The third kappa shape index (κ3) is 5.16. The second-order valence-corrected chi connectivity index (χ2v) is 5.43. The molecule has 0 bridgehead atoms. The first-order valence-corrected chi connectivity index (χ1v) is 7.29. The molecule has 0 aromatic carbocycles. The Bertz CT molecular complexity index is 343. The number of hydrogen-bond acceptors (Lipinski definition) is 2. The van der Waals surface area contributed by atoms with Gasteiger partial charge in [-0.25, -0.2) is 9.97 Å². The van der Waals surface area contributed by atoms with Crippen molar-refractivity contribution in [2.75, 3.05) is 0 Å². The molecule has 2 nitrogen and oxygen atoms in total. The van der Waals surface area contributed by atoms with Crippen molar-refractivity contribution in [3.63, 3.8) is 0 Å². The van der Waals surface area contributed by atoms with Gasteiger partial charge in [0.1, 0.15) is 6.33 Å². The molecule has 2 heteroatoms. The van der Waals surface area contributed by atoms with Crippen LogP contribution in [0.2, 0.25) is 0 Å². The van der Waals surface area contributed by atoms with E-state index in [9.17, 15) is 0 Å². The van der Waals surface area contributed by atoms with Gasteiger partial charge in [-0.1, -0.05) is 48.0 Å². The fraction of sp³-hybridized carbons (Fsp3) is 0.750. The zero-order chi connectivity index (χ0) is 14.2. The van der Waals surface area contributed by atoms with Crippen molar-refractivity contribution in [3.8, 4) is 0 Å². The molecular formula is C16H30N2. The third-order valence-electron chi connectivity index (χ3n) is 2.94. The van der Waals surface area contributed by atoms with Crippen LogP contribution in [-0.4, -0.2) is 9.97 Å². The monoisotopic (exact) mass is 250 g/mol. The van der Waals surface area contributed by atoms with Crippen LogP contribution in [0.25, 0.3) is 0 Å². The van der Waals surface area contributed by atoms with Crippen molar-refractivity contribution < 1.29 is 0 Å². The first-order chi connectivity index (χ1) is 8.50. The summed E-state index contributed by atoms with van der Waals surface area (Å²) >= 11 is 0. The standard InChI is InChI=1S/C11H16N2.C3H8.C2H6/c1-8-9-6-11(2,3)5-4-10(9)13-7-12-8;1-3-2;1-2/h7H,4-6H2,1-3H3;3H2,1-2H3;1-2H3. The molecule has 2 rings (SSSR count). The SMILES string of the molecule is CC.CCC.Cc1ncnc2c1CC(C)(C)CC2. The number of fused-ring (bicyclic) bond motifs is 1. The number of rotatable bonds is 0. The molecule has 1 aromatic heterocycles. The first-order valence-electron chi connectivity index (χ1n) is 7.29. The van der Waals surface area contributed by atoms with Gasteiger partial charge in [0.2, 0.25) is 0 Å². The van der Waals surface area contributed by atoms with Crippen molar-refractivity contribution >= 4 is 0 Å². The van der Waals surface area contributed by atoms with Gasteiger partial charge in [-0.3, -0.25) is 0 Å². The molecule has 1 aromatic rings. The molecule has 0 aliphatic heterocycles. The molecule has 104 valence electrons. The van der Waals surface area contributed by atoms with Gasteiger partial charge in [0, 0.05) is 11.4 Å². The highest BCUT2D eigenvalue weighted by atomic mass is 14.8. The van der Waals surface area contributed by atoms with Crippen LogP contribution in [0.3, 0.4) is 0 Å². The lowest BCUT2D eigenvalue weighted by Gasteiger charge is -2.30. The Morgan fingerprint density at radius 2 is 1.72 bits per heavy atom. The van der Waals surface area contributed by atoms with E-state index in [1.165, 1.54) is 24.1 Å². The lowest BCUT2D eigenvalue weighted by molar-refractivity contribution is 0.310. The Morgan fingerprint density at radius 3 is 2.28 bits per heavy atom. The number of nitrogens with zero attached hydrogens (tertiary/aromatic N) is 2. The molecule has 0 fully saturated rings. The smallest absolute Gasteiger partial charge is 0.115 e. The van der Waals surface area contributed by atoms with Crippen molar-refractivity contribution in [2.24, 2.45) is 5.41 Å². The summed E-state index contributed by atoms with van der Waals surface area (Å²) in [5, 5.41) is 0. The van der Waals surface area contributed by atoms with Crippen LogP contribution < -0.4 is 0 Å². The van der Waals surface area contributed by atoms with Gasteiger partial charge in [-0.15, -0.1) is 0 Å². The minimum absolute atomic E-state index is 0.433. The van der Waals surface area contributed by atoms with E-state index in [1.54, 1.807) is 6.33 Å². The summed E-state index contributed by atoms with van der Waals surface area (Å²) in [6.45, 7) is 15.0. The summed E-state index contributed by atoms with van der Waals surface area (Å²) in [5.41, 5.74) is 4.26. The van der Waals surface area contributed by atoms with Crippen molar-refractivity contribution in [1.82, 2.24) is 9.97 Å². The lowest BCUT2D eigenvalue weighted by Crippen LogP contribution is -2.24. The second-order valence-electron chi connectivity index (χ2n) is 5.43. The molecule has 0 amide bonds. The van der Waals surface area contributed by atoms with Crippen molar-refractivity contribution in [1.29, 1.82) is 0 Å². The molecule has 0 unspecified atom stereocenters. The molecule has 1 heterocycles. The van der Waals surface area contributed by atoms with E-state index < -0.39 is 0 Å². The van der Waals surface area contributed by atoms with Gasteiger partial charge in [0.15, 0.2) is 0 Å². The van der Waals surface area contributed by atoms with E-state index in [0.717, 1.165) is 18.5 Å². The highest BCUT2D eigenvalue weighted by Crippen LogP contribution is 2.34. The topological polar surface area (TPSA) is 25.8 Å². The number of aryl methyl sites for hydroxylation is 2. The van der Waals surface area contributed by atoms with Crippen LogP contribution in [-0.2, 0) is 12.8 Å². The molecule has 0 spiro atoms. The van der Waals surface area contributed by atoms with E-state index in [4.69, 9.17) is 0 Å². The Hall–Kier alpha value is -0.920. The first kappa shape index (κ1) is 17.1. The van der Waals surface area contributed by atoms with Gasteiger partial charge < -0.3 is 0 Å². The zero-order valence-electron chi connectivity index (χ0n) is 13.3. The fourth-order valence-corrected chi connectivity index (χ4v) is 2.02. The highest BCUT2D eigenvalue weighted by molar-refractivity contribution is 5.27. The van der Waals surface area contributed by atoms with Crippen LogP contribution in [0.15, 0.2) is 6.33 Å². The van der Waals surface area contributed by atoms with Gasteiger partial charge in [0.25, 0.3) is 0 Å². The van der Waals surface area contributed by atoms with Gasteiger partial charge >= 0.3 is 0 Å². The summed E-state index contributed by atoms with van der Waals surface area (Å²) < 4.78 is 0.